The smallest absolute Gasteiger partial charge is 0.124 e. The Bertz CT molecular complexity index is 405. The van der Waals surface area contributed by atoms with Crippen LogP contribution in [0.5, 0.6) is 5.75 Å². The van der Waals surface area contributed by atoms with E-state index in [1.165, 1.54) is 6.42 Å². The molecule has 112 valence electrons. The van der Waals surface area contributed by atoms with Gasteiger partial charge in [0, 0.05) is 25.3 Å². The molecule has 1 aromatic rings. The van der Waals surface area contributed by atoms with E-state index >= 15 is 0 Å². The molecular weight excluding hydrogens is 252 g/mol. The van der Waals surface area contributed by atoms with Gasteiger partial charge in [-0.2, -0.15) is 0 Å². The van der Waals surface area contributed by atoms with Gasteiger partial charge in [0.2, 0.25) is 0 Å². The summed E-state index contributed by atoms with van der Waals surface area (Å²) in [5.74, 6) is 0.935. The van der Waals surface area contributed by atoms with Gasteiger partial charge in [-0.25, -0.2) is 0 Å². The summed E-state index contributed by atoms with van der Waals surface area (Å²) in [6, 6.07) is 8.33. The van der Waals surface area contributed by atoms with E-state index < -0.39 is 0 Å². The maximum Gasteiger partial charge on any atom is 0.124 e. The largest absolute Gasteiger partial charge is 0.494 e. The second-order valence-electron chi connectivity index (χ2n) is 5.30. The zero-order chi connectivity index (χ0) is 14.4. The maximum absolute atomic E-state index is 6.01. The summed E-state index contributed by atoms with van der Waals surface area (Å²) in [6.07, 6.45) is 2.66. The first-order chi connectivity index (χ1) is 9.76. The Balaban J connectivity index is 2.09. The molecule has 2 rings (SSSR count). The summed E-state index contributed by atoms with van der Waals surface area (Å²) >= 11 is 0. The van der Waals surface area contributed by atoms with Crippen molar-refractivity contribution in [3.05, 3.63) is 29.8 Å². The number of hydrogen-bond donors (Lipinski definition) is 1. The van der Waals surface area contributed by atoms with Gasteiger partial charge in [0.1, 0.15) is 5.75 Å². The molecule has 2 N–H and O–H groups in total. The molecular formula is C16H26N2O2. The van der Waals surface area contributed by atoms with E-state index in [-0.39, 0.29) is 6.04 Å². The van der Waals surface area contributed by atoms with Crippen molar-refractivity contribution < 1.29 is 9.47 Å². The number of benzene rings is 1. The molecule has 1 aliphatic rings. The summed E-state index contributed by atoms with van der Waals surface area (Å²) in [6.45, 7) is 5.06. The number of likely N-dealkylation sites (N-methyl/N-ethyl adjacent to an activating group) is 1. The Morgan fingerprint density at radius 3 is 2.90 bits per heavy atom. The van der Waals surface area contributed by atoms with E-state index in [0.717, 1.165) is 30.9 Å². The first kappa shape index (κ1) is 15.3. The Labute approximate surface area is 121 Å². The van der Waals surface area contributed by atoms with Gasteiger partial charge >= 0.3 is 0 Å². The highest BCUT2D eigenvalue weighted by Gasteiger charge is 2.24. The van der Waals surface area contributed by atoms with Crippen LogP contribution in [0.2, 0.25) is 0 Å². The van der Waals surface area contributed by atoms with Crippen LogP contribution in [0.25, 0.3) is 0 Å². The van der Waals surface area contributed by atoms with Crippen LogP contribution in [-0.2, 0) is 4.74 Å². The minimum atomic E-state index is 0.168. The molecule has 1 fully saturated rings. The van der Waals surface area contributed by atoms with E-state index in [1.54, 1.807) is 0 Å². The first-order valence-corrected chi connectivity index (χ1v) is 7.49. The van der Waals surface area contributed by atoms with E-state index in [0.29, 0.717) is 19.3 Å². The summed E-state index contributed by atoms with van der Waals surface area (Å²) in [5.41, 5.74) is 7.17. The second kappa shape index (κ2) is 7.62. The highest BCUT2D eigenvalue weighted by atomic mass is 16.5. The van der Waals surface area contributed by atoms with Gasteiger partial charge in [-0.1, -0.05) is 18.2 Å². The Morgan fingerprint density at radius 1 is 1.45 bits per heavy atom. The maximum atomic E-state index is 6.01. The molecule has 20 heavy (non-hydrogen) atoms. The fourth-order valence-corrected chi connectivity index (χ4v) is 2.82. The average molecular weight is 278 g/mol. The molecule has 0 aliphatic carbocycles. The molecule has 0 radical (unpaired) electrons. The van der Waals surface area contributed by atoms with Crippen LogP contribution in [0.15, 0.2) is 24.3 Å². The van der Waals surface area contributed by atoms with Gasteiger partial charge in [-0.3, -0.25) is 4.90 Å². The van der Waals surface area contributed by atoms with Gasteiger partial charge in [0.05, 0.1) is 18.8 Å². The van der Waals surface area contributed by atoms with Crippen molar-refractivity contribution in [1.29, 1.82) is 0 Å². The van der Waals surface area contributed by atoms with Gasteiger partial charge in [-0.05, 0) is 32.9 Å². The fraction of sp³-hybridized carbons (Fsp3) is 0.625. The minimum absolute atomic E-state index is 0.168. The first-order valence-electron chi connectivity index (χ1n) is 7.49. The number of ether oxygens (including phenoxy) is 2. The van der Waals surface area contributed by atoms with Crippen LogP contribution in [-0.4, -0.2) is 44.4 Å². The summed E-state index contributed by atoms with van der Waals surface area (Å²) in [7, 11) is 2.11. The van der Waals surface area contributed by atoms with Crippen molar-refractivity contribution in [2.24, 2.45) is 5.73 Å². The lowest BCUT2D eigenvalue weighted by molar-refractivity contribution is 0.0684. The molecule has 0 amide bonds. The third-order valence-corrected chi connectivity index (χ3v) is 3.85. The fourth-order valence-electron chi connectivity index (χ4n) is 2.82. The molecule has 1 heterocycles. The van der Waals surface area contributed by atoms with Crippen molar-refractivity contribution in [3.8, 4) is 5.75 Å². The third-order valence-electron chi connectivity index (χ3n) is 3.85. The molecule has 2 unspecified atom stereocenters. The van der Waals surface area contributed by atoms with Gasteiger partial charge < -0.3 is 15.2 Å². The SMILES string of the molecule is CCOc1ccccc1C(CN)N(C)CC1CCCO1. The lowest BCUT2D eigenvalue weighted by Crippen LogP contribution is -2.36. The topological polar surface area (TPSA) is 47.7 Å². The third kappa shape index (κ3) is 3.72. The van der Waals surface area contributed by atoms with E-state index in [1.807, 2.05) is 25.1 Å². The molecule has 2 atom stereocenters. The molecule has 0 saturated carbocycles. The number of rotatable bonds is 7. The molecule has 4 heteroatoms. The molecule has 0 bridgehead atoms. The van der Waals surface area contributed by atoms with Gasteiger partial charge in [-0.15, -0.1) is 0 Å². The number of para-hydroxylation sites is 1. The van der Waals surface area contributed by atoms with Crippen molar-refractivity contribution in [3.63, 3.8) is 0 Å². The van der Waals surface area contributed by atoms with Crippen molar-refractivity contribution in [2.45, 2.75) is 31.9 Å². The standard InChI is InChI=1S/C16H26N2O2/c1-3-19-16-9-5-4-8-14(16)15(11-17)18(2)12-13-7-6-10-20-13/h4-5,8-9,13,15H,3,6-7,10-12,17H2,1-2H3. The van der Waals surface area contributed by atoms with Crippen molar-refractivity contribution in [1.82, 2.24) is 4.90 Å². The second-order valence-corrected chi connectivity index (χ2v) is 5.30. The van der Waals surface area contributed by atoms with Crippen LogP contribution in [0.4, 0.5) is 0 Å². The lowest BCUT2D eigenvalue weighted by Gasteiger charge is -2.30. The molecule has 0 spiro atoms. The molecule has 0 aromatic heterocycles. The molecule has 1 aliphatic heterocycles. The summed E-state index contributed by atoms with van der Waals surface area (Å²) in [4.78, 5) is 2.29. The molecule has 1 aromatic carbocycles. The highest BCUT2D eigenvalue weighted by molar-refractivity contribution is 5.36. The zero-order valence-corrected chi connectivity index (χ0v) is 12.5. The van der Waals surface area contributed by atoms with Crippen LogP contribution in [0.1, 0.15) is 31.4 Å². The summed E-state index contributed by atoms with van der Waals surface area (Å²) in [5, 5.41) is 0. The summed E-state index contributed by atoms with van der Waals surface area (Å²) < 4.78 is 11.4. The van der Waals surface area contributed by atoms with E-state index in [4.69, 9.17) is 15.2 Å². The monoisotopic (exact) mass is 278 g/mol. The lowest BCUT2D eigenvalue weighted by atomic mass is 10.0. The van der Waals surface area contributed by atoms with E-state index in [2.05, 4.69) is 18.0 Å². The Morgan fingerprint density at radius 2 is 2.25 bits per heavy atom. The van der Waals surface area contributed by atoms with Crippen LogP contribution < -0.4 is 10.5 Å². The predicted octanol–water partition coefficient (Wildman–Crippen LogP) is 2.20. The molecule has 4 nitrogen and oxygen atoms in total. The van der Waals surface area contributed by atoms with Crippen molar-refractivity contribution >= 4 is 0 Å². The minimum Gasteiger partial charge on any atom is -0.494 e. The highest BCUT2D eigenvalue weighted by Crippen LogP contribution is 2.29. The Kier molecular flexibility index (Phi) is 5.83. The predicted molar refractivity (Wildman–Crippen MR) is 81.0 cm³/mol. The molecule has 1 saturated heterocycles. The van der Waals surface area contributed by atoms with Gasteiger partial charge in [0.25, 0.3) is 0 Å². The quantitative estimate of drug-likeness (QED) is 0.830. The number of nitrogens with two attached hydrogens (primary N) is 1. The number of nitrogens with zero attached hydrogens (tertiary/aromatic N) is 1. The van der Waals surface area contributed by atoms with Crippen LogP contribution in [0.3, 0.4) is 0 Å². The normalized spacial score (nSPS) is 20.3. The van der Waals surface area contributed by atoms with Crippen LogP contribution >= 0.6 is 0 Å². The zero-order valence-electron chi connectivity index (χ0n) is 12.5. The van der Waals surface area contributed by atoms with Crippen molar-refractivity contribution in [2.75, 3.05) is 33.4 Å². The van der Waals surface area contributed by atoms with E-state index in [9.17, 15) is 0 Å². The van der Waals surface area contributed by atoms with Crippen LogP contribution in [0, 0.1) is 0 Å². The average Bonchev–Trinajstić information content (AvgIpc) is 2.94. The van der Waals surface area contributed by atoms with Gasteiger partial charge in [0.15, 0.2) is 0 Å². The number of hydrogen-bond acceptors (Lipinski definition) is 4. The Hall–Kier alpha value is -1.10.